The number of nitro groups is 1. The Hall–Kier alpha value is -1.37. The van der Waals surface area contributed by atoms with Crippen LogP contribution in [0.4, 0.5) is 5.69 Å². The number of halogens is 2. The number of carbonyl (C=O) groups is 1. The van der Waals surface area contributed by atoms with Crippen LogP contribution in [0.5, 0.6) is 0 Å². The van der Waals surface area contributed by atoms with Gasteiger partial charge in [-0.3, -0.25) is 14.9 Å². The summed E-state index contributed by atoms with van der Waals surface area (Å²) in [6, 6.07) is 4.05. The summed E-state index contributed by atoms with van der Waals surface area (Å²) in [6.07, 6.45) is 1.49. The van der Waals surface area contributed by atoms with Gasteiger partial charge in [-0.15, -0.1) is 12.4 Å². The standard InChI is InChI=1S/C12H14ClN3O3.ClH/c13-9-5-8(6-11(7-9)16(18)19)12(17)15-3-1-10(14)2-4-15;/h5-7,10H,1-4,14H2;1H. The van der Waals surface area contributed by atoms with Crippen molar-refractivity contribution >= 4 is 35.6 Å². The van der Waals surface area contributed by atoms with E-state index in [9.17, 15) is 14.9 Å². The minimum Gasteiger partial charge on any atom is -0.339 e. The summed E-state index contributed by atoms with van der Waals surface area (Å²) in [5.41, 5.74) is 5.84. The zero-order chi connectivity index (χ0) is 14.0. The van der Waals surface area contributed by atoms with Gasteiger partial charge in [0.1, 0.15) is 0 Å². The average Bonchev–Trinajstić information content (AvgIpc) is 2.38. The first-order valence-electron chi connectivity index (χ1n) is 5.97. The monoisotopic (exact) mass is 319 g/mol. The molecule has 1 aliphatic rings. The number of hydrogen-bond donors (Lipinski definition) is 1. The summed E-state index contributed by atoms with van der Waals surface area (Å²) >= 11 is 5.81. The Morgan fingerprint density at radius 2 is 1.95 bits per heavy atom. The van der Waals surface area contributed by atoms with Crippen LogP contribution in [0.2, 0.25) is 5.02 Å². The number of hydrogen-bond acceptors (Lipinski definition) is 4. The lowest BCUT2D eigenvalue weighted by molar-refractivity contribution is -0.384. The molecule has 1 aromatic rings. The van der Waals surface area contributed by atoms with Gasteiger partial charge in [0, 0.05) is 41.9 Å². The molecule has 0 aromatic heterocycles. The van der Waals surface area contributed by atoms with Crippen molar-refractivity contribution in [2.24, 2.45) is 5.73 Å². The van der Waals surface area contributed by atoms with Crippen molar-refractivity contribution in [1.29, 1.82) is 0 Å². The first-order valence-corrected chi connectivity index (χ1v) is 6.35. The number of nitrogens with two attached hydrogens (primary N) is 1. The van der Waals surface area contributed by atoms with Crippen LogP contribution in [-0.4, -0.2) is 34.9 Å². The molecule has 0 atom stereocenters. The Balaban J connectivity index is 0.00000200. The Bertz CT molecular complexity index is 517. The van der Waals surface area contributed by atoms with Gasteiger partial charge >= 0.3 is 0 Å². The maximum Gasteiger partial charge on any atom is 0.271 e. The lowest BCUT2D eigenvalue weighted by Crippen LogP contribution is -2.42. The van der Waals surface area contributed by atoms with Crippen molar-refractivity contribution in [3.63, 3.8) is 0 Å². The number of nitrogens with zero attached hydrogens (tertiary/aromatic N) is 2. The highest BCUT2D eigenvalue weighted by atomic mass is 35.5. The van der Waals surface area contributed by atoms with Crippen molar-refractivity contribution in [3.8, 4) is 0 Å². The second kappa shape index (κ2) is 6.88. The minimum absolute atomic E-state index is 0. The third-order valence-corrected chi connectivity index (χ3v) is 3.39. The van der Waals surface area contributed by atoms with E-state index >= 15 is 0 Å². The van der Waals surface area contributed by atoms with Crippen LogP contribution >= 0.6 is 24.0 Å². The quantitative estimate of drug-likeness (QED) is 0.668. The number of non-ortho nitro benzene ring substituents is 1. The largest absolute Gasteiger partial charge is 0.339 e. The molecule has 2 rings (SSSR count). The first kappa shape index (κ1) is 16.7. The van der Waals surface area contributed by atoms with Crippen LogP contribution in [0.3, 0.4) is 0 Å². The Morgan fingerprint density at radius 3 is 2.50 bits per heavy atom. The van der Waals surface area contributed by atoms with Crippen molar-refractivity contribution in [2.45, 2.75) is 18.9 Å². The molecule has 0 spiro atoms. The van der Waals surface area contributed by atoms with E-state index in [4.69, 9.17) is 17.3 Å². The molecule has 1 fully saturated rings. The van der Waals surface area contributed by atoms with Crippen LogP contribution in [0.15, 0.2) is 18.2 Å². The van der Waals surface area contributed by atoms with Gasteiger partial charge in [0.25, 0.3) is 11.6 Å². The molecule has 1 heterocycles. The zero-order valence-electron chi connectivity index (χ0n) is 10.6. The smallest absolute Gasteiger partial charge is 0.271 e. The molecule has 1 amide bonds. The Labute approximate surface area is 127 Å². The summed E-state index contributed by atoms with van der Waals surface area (Å²) < 4.78 is 0. The SMILES string of the molecule is Cl.NC1CCN(C(=O)c2cc(Cl)cc([N+](=O)[O-])c2)CC1. The molecule has 110 valence electrons. The molecule has 1 aromatic carbocycles. The summed E-state index contributed by atoms with van der Waals surface area (Å²) in [5, 5.41) is 10.9. The fourth-order valence-electron chi connectivity index (χ4n) is 2.09. The number of piperidine rings is 1. The van der Waals surface area contributed by atoms with Crippen molar-refractivity contribution in [3.05, 3.63) is 38.9 Å². The van der Waals surface area contributed by atoms with E-state index in [1.807, 2.05) is 0 Å². The lowest BCUT2D eigenvalue weighted by atomic mass is 10.0. The normalized spacial score (nSPS) is 15.6. The van der Waals surface area contributed by atoms with Gasteiger partial charge in [-0.05, 0) is 18.9 Å². The van der Waals surface area contributed by atoms with E-state index in [-0.39, 0.29) is 40.6 Å². The molecule has 1 aliphatic heterocycles. The predicted octanol–water partition coefficient (Wildman–Crippen LogP) is 2.23. The predicted molar refractivity (Wildman–Crippen MR) is 78.5 cm³/mol. The molecule has 0 unspecified atom stereocenters. The van der Waals surface area contributed by atoms with E-state index in [1.54, 1.807) is 4.90 Å². The maximum atomic E-state index is 12.2. The topological polar surface area (TPSA) is 89.5 Å². The molecule has 0 radical (unpaired) electrons. The zero-order valence-corrected chi connectivity index (χ0v) is 12.2. The van der Waals surface area contributed by atoms with Gasteiger partial charge in [-0.1, -0.05) is 11.6 Å². The number of carbonyl (C=O) groups excluding carboxylic acids is 1. The third-order valence-electron chi connectivity index (χ3n) is 3.17. The maximum absolute atomic E-state index is 12.2. The minimum atomic E-state index is -0.561. The van der Waals surface area contributed by atoms with Crippen LogP contribution in [0.1, 0.15) is 23.2 Å². The molecule has 6 nitrogen and oxygen atoms in total. The second-order valence-corrected chi connectivity index (χ2v) is 5.02. The van der Waals surface area contributed by atoms with Gasteiger partial charge in [0.2, 0.25) is 0 Å². The van der Waals surface area contributed by atoms with Gasteiger partial charge in [-0.2, -0.15) is 0 Å². The molecule has 8 heteroatoms. The molecule has 0 saturated carbocycles. The van der Waals surface area contributed by atoms with Crippen LogP contribution < -0.4 is 5.73 Å². The number of nitro benzene ring substituents is 1. The van der Waals surface area contributed by atoms with Gasteiger partial charge in [0.15, 0.2) is 0 Å². The second-order valence-electron chi connectivity index (χ2n) is 4.58. The summed E-state index contributed by atoms with van der Waals surface area (Å²) in [5.74, 6) is -0.238. The highest BCUT2D eigenvalue weighted by Gasteiger charge is 2.23. The summed E-state index contributed by atoms with van der Waals surface area (Å²) in [4.78, 5) is 24.1. The van der Waals surface area contributed by atoms with E-state index in [0.717, 1.165) is 12.8 Å². The molecule has 2 N–H and O–H groups in total. The number of amides is 1. The van der Waals surface area contributed by atoms with E-state index in [2.05, 4.69) is 0 Å². The first-order chi connectivity index (χ1) is 8.97. The Kier molecular flexibility index (Phi) is 5.74. The van der Waals surface area contributed by atoms with E-state index in [0.29, 0.717) is 13.1 Å². The molecular weight excluding hydrogens is 305 g/mol. The number of rotatable bonds is 2. The van der Waals surface area contributed by atoms with Crippen molar-refractivity contribution < 1.29 is 9.72 Å². The fraction of sp³-hybridized carbons (Fsp3) is 0.417. The van der Waals surface area contributed by atoms with Crippen molar-refractivity contribution in [2.75, 3.05) is 13.1 Å². The number of likely N-dealkylation sites (tertiary alicyclic amines) is 1. The number of benzene rings is 1. The highest BCUT2D eigenvalue weighted by Crippen LogP contribution is 2.22. The molecule has 0 aliphatic carbocycles. The van der Waals surface area contributed by atoms with Crippen molar-refractivity contribution in [1.82, 2.24) is 4.90 Å². The van der Waals surface area contributed by atoms with E-state index in [1.165, 1.54) is 18.2 Å². The molecule has 1 saturated heterocycles. The van der Waals surface area contributed by atoms with Crippen LogP contribution in [0.25, 0.3) is 0 Å². The van der Waals surface area contributed by atoms with Crippen LogP contribution in [0, 0.1) is 10.1 Å². The highest BCUT2D eigenvalue weighted by molar-refractivity contribution is 6.31. The summed E-state index contributed by atoms with van der Waals surface area (Å²) in [6.45, 7) is 1.14. The fourth-order valence-corrected chi connectivity index (χ4v) is 2.32. The molecule has 0 bridgehead atoms. The lowest BCUT2D eigenvalue weighted by Gasteiger charge is -2.30. The van der Waals surface area contributed by atoms with E-state index < -0.39 is 4.92 Å². The summed E-state index contributed by atoms with van der Waals surface area (Å²) in [7, 11) is 0. The van der Waals surface area contributed by atoms with Gasteiger partial charge in [-0.25, -0.2) is 0 Å². The third kappa shape index (κ3) is 3.82. The Morgan fingerprint density at radius 1 is 1.35 bits per heavy atom. The van der Waals surface area contributed by atoms with Gasteiger partial charge in [0.05, 0.1) is 4.92 Å². The van der Waals surface area contributed by atoms with Crippen LogP contribution in [-0.2, 0) is 0 Å². The van der Waals surface area contributed by atoms with Gasteiger partial charge < -0.3 is 10.6 Å². The molecule has 20 heavy (non-hydrogen) atoms. The molecular formula is C12H15Cl2N3O3. The average molecular weight is 320 g/mol.